The Morgan fingerprint density at radius 2 is 1.86 bits per heavy atom. The van der Waals surface area contributed by atoms with E-state index in [-0.39, 0.29) is 11.3 Å². The third-order valence-corrected chi connectivity index (χ3v) is 3.22. The molecule has 14 heavy (non-hydrogen) atoms. The number of piperazine rings is 1. The lowest BCUT2D eigenvalue weighted by atomic mass is 10.3. The molecule has 4 heteroatoms. The highest BCUT2D eigenvalue weighted by Crippen LogP contribution is 2.27. The van der Waals surface area contributed by atoms with Gasteiger partial charge in [-0.3, -0.25) is 9.69 Å². The molecule has 1 saturated heterocycles. The van der Waals surface area contributed by atoms with Gasteiger partial charge < -0.3 is 4.90 Å². The summed E-state index contributed by atoms with van der Waals surface area (Å²) in [5.41, 5.74) is 0. The van der Waals surface area contributed by atoms with E-state index < -0.39 is 0 Å². The molecule has 0 spiro atoms. The molecule has 0 N–H and O–H groups in total. The van der Waals surface area contributed by atoms with Gasteiger partial charge in [-0.25, -0.2) is 0 Å². The average molecular weight is 217 g/mol. The maximum atomic E-state index is 11.6. The van der Waals surface area contributed by atoms with Crippen molar-refractivity contribution < 1.29 is 4.79 Å². The van der Waals surface area contributed by atoms with Crippen molar-refractivity contribution in [3.63, 3.8) is 0 Å². The number of alkyl halides is 1. The van der Waals surface area contributed by atoms with Crippen LogP contribution in [-0.2, 0) is 4.79 Å². The molecule has 80 valence electrons. The Bertz CT molecular complexity index is 220. The molecule has 2 aliphatic rings. The van der Waals surface area contributed by atoms with Crippen molar-refractivity contribution in [2.45, 2.75) is 31.2 Å². The summed E-state index contributed by atoms with van der Waals surface area (Å²) in [6.45, 7) is 5.51. The van der Waals surface area contributed by atoms with Gasteiger partial charge in [-0.2, -0.15) is 0 Å². The molecule has 0 aromatic heterocycles. The first-order valence-corrected chi connectivity index (χ1v) is 5.79. The molecule has 2 fully saturated rings. The van der Waals surface area contributed by atoms with Crippen LogP contribution in [0.25, 0.3) is 0 Å². The summed E-state index contributed by atoms with van der Waals surface area (Å²) >= 11 is 5.77. The zero-order chi connectivity index (χ0) is 10.1. The maximum absolute atomic E-state index is 11.6. The van der Waals surface area contributed by atoms with E-state index in [1.807, 2.05) is 4.90 Å². The second-order valence-corrected chi connectivity index (χ2v) is 4.86. The standard InChI is InChI=1S/C10H17ClN2O/c1-8(11)10(14)13-6-4-12(5-7-13)9-2-3-9/h8-9H,2-7H2,1H3/t8-/m0/s1. The SMILES string of the molecule is C[C@H](Cl)C(=O)N1CCN(C2CC2)CC1. The van der Waals surface area contributed by atoms with E-state index in [1.165, 1.54) is 12.8 Å². The van der Waals surface area contributed by atoms with Gasteiger partial charge in [0.1, 0.15) is 5.38 Å². The second kappa shape index (κ2) is 4.07. The van der Waals surface area contributed by atoms with Gasteiger partial charge in [0.05, 0.1) is 0 Å². The van der Waals surface area contributed by atoms with E-state index >= 15 is 0 Å². The highest BCUT2D eigenvalue weighted by Gasteiger charge is 2.32. The molecule has 0 unspecified atom stereocenters. The van der Waals surface area contributed by atoms with Crippen molar-refractivity contribution in [1.82, 2.24) is 9.80 Å². The number of rotatable bonds is 2. The fourth-order valence-electron chi connectivity index (χ4n) is 2.00. The Morgan fingerprint density at radius 1 is 1.29 bits per heavy atom. The number of halogens is 1. The number of amides is 1. The fourth-order valence-corrected chi connectivity index (χ4v) is 2.14. The molecule has 2 rings (SSSR count). The predicted molar refractivity (Wildman–Crippen MR) is 56.5 cm³/mol. The molecule has 1 atom stereocenters. The van der Waals surface area contributed by atoms with Crippen molar-refractivity contribution in [2.24, 2.45) is 0 Å². The van der Waals surface area contributed by atoms with Crippen LogP contribution in [0.1, 0.15) is 19.8 Å². The van der Waals surface area contributed by atoms with Crippen LogP contribution < -0.4 is 0 Å². The van der Waals surface area contributed by atoms with Crippen LogP contribution >= 0.6 is 11.6 Å². The number of hydrogen-bond acceptors (Lipinski definition) is 2. The highest BCUT2D eigenvalue weighted by atomic mass is 35.5. The molecule has 1 aliphatic heterocycles. The number of carbonyl (C=O) groups is 1. The van der Waals surface area contributed by atoms with Crippen molar-refractivity contribution in [1.29, 1.82) is 0 Å². The lowest BCUT2D eigenvalue weighted by molar-refractivity contribution is -0.132. The number of nitrogens with zero attached hydrogens (tertiary/aromatic N) is 2. The second-order valence-electron chi connectivity index (χ2n) is 4.21. The third-order valence-electron chi connectivity index (χ3n) is 3.03. The monoisotopic (exact) mass is 216 g/mol. The zero-order valence-corrected chi connectivity index (χ0v) is 9.33. The van der Waals surface area contributed by atoms with Gasteiger partial charge >= 0.3 is 0 Å². The van der Waals surface area contributed by atoms with E-state index in [2.05, 4.69) is 4.90 Å². The summed E-state index contributed by atoms with van der Waals surface area (Å²) in [5.74, 6) is 0.0853. The quantitative estimate of drug-likeness (QED) is 0.641. The van der Waals surface area contributed by atoms with Crippen molar-refractivity contribution in [3.8, 4) is 0 Å². The first-order valence-electron chi connectivity index (χ1n) is 5.35. The lowest BCUT2D eigenvalue weighted by Gasteiger charge is -2.35. The molecule has 0 radical (unpaired) electrons. The molecule has 0 aromatic carbocycles. The highest BCUT2D eigenvalue weighted by molar-refractivity contribution is 6.30. The normalized spacial score (nSPS) is 26.3. The van der Waals surface area contributed by atoms with Crippen LogP contribution in [-0.4, -0.2) is 53.3 Å². The van der Waals surface area contributed by atoms with Crippen LogP contribution in [0.15, 0.2) is 0 Å². The Labute approximate surface area is 90.0 Å². The van der Waals surface area contributed by atoms with Gasteiger partial charge in [-0.15, -0.1) is 11.6 Å². The molecular weight excluding hydrogens is 200 g/mol. The van der Waals surface area contributed by atoms with Crippen LogP contribution in [0, 0.1) is 0 Å². The fraction of sp³-hybridized carbons (Fsp3) is 0.900. The van der Waals surface area contributed by atoms with Crippen molar-refractivity contribution in [2.75, 3.05) is 26.2 Å². The molecule has 0 bridgehead atoms. The summed E-state index contributed by atoms with van der Waals surface area (Å²) < 4.78 is 0. The topological polar surface area (TPSA) is 23.6 Å². The van der Waals surface area contributed by atoms with Crippen LogP contribution in [0.3, 0.4) is 0 Å². The number of hydrogen-bond donors (Lipinski definition) is 0. The summed E-state index contributed by atoms with van der Waals surface area (Å²) in [4.78, 5) is 15.9. The van der Waals surface area contributed by atoms with Gasteiger partial charge in [0, 0.05) is 32.2 Å². The molecular formula is C10H17ClN2O. The first kappa shape index (κ1) is 10.2. The largest absolute Gasteiger partial charge is 0.339 e. The predicted octanol–water partition coefficient (Wildman–Crippen LogP) is 0.920. The molecule has 1 amide bonds. The third kappa shape index (κ3) is 2.20. The van der Waals surface area contributed by atoms with Crippen LogP contribution in [0.4, 0.5) is 0 Å². The lowest BCUT2D eigenvalue weighted by Crippen LogP contribution is -2.50. The molecule has 1 aliphatic carbocycles. The Morgan fingerprint density at radius 3 is 2.29 bits per heavy atom. The molecule has 1 heterocycles. The van der Waals surface area contributed by atoms with Gasteiger partial charge in [0.25, 0.3) is 0 Å². The molecule has 0 aromatic rings. The molecule has 1 saturated carbocycles. The van der Waals surface area contributed by atoms with E-state index in [9.17, 15) is 4.79 Å². The van der Waals surface area contributed by atoms with E-state index in [4.69, 9.17) is 11.6 Å². The minimum Gasteiger partial charge on any atom is -0.339 e. The summed E-state index contributed by atoms with van der Waals surface area (Å²) in [7, 11) is 0. The minimum atomic E-state index is -0.373. The van der Waals surface area contributed by atoms with Gasteiger partial charge in [-0.1, -0.05) is 0 Å². The van der Waals surface area contributed by atoms with Gasteiger partial charge in [0.2, 0.25) is 5.91 Å². The van der Waals surface area contributed by atoms with Crippen LogP contribution in [0.2, 0.25) is 0 Å². The van der Waals surface area contributed by atoms with E-state index in [1.54, 1.807) is 6.92 Å². The zero-order valence-electron chi connectivity index (χ0n) is 8.58. The summed E-state index contributed by atoms with van der Waals surface area (Å²) in [6.07, 6.45) is 2.69. The summed E-state index contributed by atoms with van der Waals surface area (Å²) in [6, 6.07) is 0.820. The van der Waals surface area contributed by atoms with Crippen molar-refractivity contribution in [3.05, 3.63) is 0 Å². The molecule has 3 nitrogen and oxygen atoms in total. The smallest absolute Gasteiger partial charge is 0.240 e. The summed E-state index contributed by atoms with van der Waals surface area (Å²) in [5, 5.41) is -0.373. The van der Waals surface area contributed by atoms with E-state index in [0.717, 1.165) is 32.2 Å². The van der Waals surface area contributed by atoms with Gasteiger partial charge in [0.15, 0.2) is 0 Å². The first-order chi connectivity index (χ1) is 6.68. The maximum Gasteiger partial charge on any atom is 0.240 e. The van der Waals surface area contributed by atoms with Crippen molar-refractivity contribution >= 4 is 17.5 Å². The van der Waals surface area contributed by atoms with Gasteiger partial charge in [-0.05, 0) is 19.8 Å². The Kier molecular flexibility index (Phi) is 2.98. The van der Waals surface area contributed by atoms with Crippen LogP contribution in [0.5, 0.6) is 0 Å². The Hall–Kier alpha value is -0.280. The average Bonchev–Trinajstić information content (AvgIpc) is 3.00. The Balaban J connectivity index is 1.80. The number of carbonyl (C=O) groups excluding carboxylic acids is 1. The minimum absolute atomic E-state index is 0.0853. The van der Waals surface area contributed by atoms with E-state index in [0.29, 0.717) is 0 Å².